The average Bonchev–Trinajstić information content (AvgIpc) is 3.18. The van der Waals surface area contributed by atoms with E-state index in [1.165, 1.54) is 31.9 Å². The monoisotopic (exact) mass is 292 g/mol. The van der Waals surface area contributed by atoms with Crippen LogP contribution in [0.15, 0.2) is 16.7 Å². The molecule has 0 radical (unpaired) electrons. The van der Waals surface area contributed by atoms with Gasteiger partial charge in [0.25, 0.3) is 5.91 Å². The molecule has 1 aromatic rings. The van der Waals surface area contributed by atoms with Crippen LogP contribution in [0, 0.1) is 0 Å². The van der Waals surface area contributed by atoms with Crippen LogP contribution >= 0.6 is 0 Å². The Hall–Kier alpha value is -1.33. The standard InChI is InChI=1S/C16H24N2O3/c17-10-15-9-12(11-20-15)16(19)18-7-5-14(6-8-18)21-13-3-1-2-4-13/h9,11,13-14H,1-8,10,17H2. The molecule has 2 aliphatic rings. The van der Waals surface area contributed by atoms with E-state index < -0.39 is 0 Å². The third kappa shape index (κ3) is 3.47. The number of likely N-dealkylation sites (tertiary alicyclic amines) is 1. The number of carbonyl (C=O) groups excluding carboxylic acids is 1. The van der Waals surface area contributed by atoms with Crippen molar-refractivity contribution in [3.05, 3.63) is 23.7 Å². The van der Waals surface area contributed by atoms with E-state index in [0.717, 1.165) is 25.9 Å². The van der Waals surface area contributed by atoms with Gasteiger partial charge in [-0.25, -0.2) is 0 Å². The highest BCUT2D eigenvalue weighted by atomic mass is 16.5. The lowest BCUT2D eigenvalue weighted by Gasteiger charge is -2.33. The lowest BCUT2D eigenvalue weighted by molar-refractivity contribution is -0.0357. The minimum Gasteiger partial charge on any atom is -0.467 e. The van der Waals surface area contributed by atoms with Crippen molar-refractivity contribution >= 4 is 5.91 Å². The number of furan rings is 1. The van der Waals surface area contributed by atoms with E-state index in [2.05, 4.69) is 0 Å². The number of ether oxygens (including phenoxy) is 1. The van der Waals surface area contributed by atoms with Crippen molar-refractivity contribution in [2.24, 2.45) is 5.73 Å². The number of rotatable bonds is 4. The van der Waals surface area contributed by atoms with Crippen LogP contribution in [0.4, 0.5) is 0 Å². The highest BCUT2D eigenvalue weighted by molar-refractivity contribution is 5.94. The number of hydrogen-bond donors (Lipinski definition) is 1. The summed E-state index contributed by atoms with van der Waals surface area (Å²) in [7, 11) is 0. The molecule has 1 amide bonds. The summed E-state index contributed by atoms with van der Waals surface area (Å²) in [5, 5.41) is 0. The zero-order chi connectivity index (χ0) is 14.7. The molecule has 0 bridgehead atoms. The second-order valence-corrected chi connectivity index (χ2v) is 6.04. The molecule has 2 heterocycles. The van der Waals surface area contributed by atoms with Crippen molar-refractivity contribution in [1.29, 1.82) is 0 Å². The first kappa shape index (κ1) is 14.6. The van der Waals surface area contributed by atoms with Gasteiger partial charge in [-0.2, -0.15) is 0 Å². The van der Waals surface area contributed by atoms with Crippen molar-refractivity contribution in [1.82, 2.24) is 4.90 Å². The van der Waals surface area contributed by atoms with Crippen LogP contribution < -0.4 is 5.73 Å². The van der Waals surface area contributed by atoms with Gasteiger partial charge >= 0.3 is 0 Å². The fourth-order valence-electron chi connectivity index (χ4n) is 3.27. The lowest BCUT2D eigenvalue weighted by Crippen LogP contribution is -2.41. The summed E-state index contributed by atoms with van der Waals surface area (Å²) in [5.74, 6) is 0.690. The Morgan fingerprint density at radius 1 is 1.24 bits per heavy atom. The minimum atomic E-state index is 0.0396. The second kappa shape index (κ2) is 6.62. The first-order valence-corrected chi connectivity index (χ1v) is 7.98. The van der Waals surface area contributed by atoms with Gasteiger partial charge in [0.1, 0.15) is 12.0 Å². The molecule has 1 saturated carbocycles. The molecule has 3 rings (SSSR count). The molecule has 5 nitrogen and oxygen atoms in total. The van der Waals surface area contributed by atoms with Gasteiger partial charge in [0.15, 0.2) is 0 Å². The van der Waals surface area contributed by atoms with E-state index >= 15 is 0 Å². The minimum absolute atomic E-state index is 0.0396. The van der Waals surface area contributed by atoms with E-state index in [0.29, 0.717) is 30.1 Å². The van der Waals surface area contributed by atoms with E-state index in [-0.39, 0.29) is 5.91 Å². The molecule has 0 unspecified atom stereocenters. The Morgan fingerprint density at radius 2 is 1.90 bits per heavy atom. The molecule has 1 aliphatic heterocycles. The van der Waals surface area contributed by atoms with Crippen LogP contribution in [0.2, 0.25) is 0 Å². The van der Waals surface area contributed by atoms with Gasteiger partial charge in [0.05, 0.1) is 24.3 Å². The summed E-state index contributed by atoms with van der Waals surface area (Å²) in [6, 6.07) is 1.74. The van der Waals surface area contributed by atoms with E-state index in [1.54, 1.807) is 6.07 Å². The molecule has 1 aromatic heterocycles. The van der Waals surface area contributed by atoms with Crippen molar-refractivity contribution in [2.45, 2.75) is 57.3 Å². The van der Waals surface area contributed by atoms with Crippen molar-refractivity contribution in [2.75, 3.05) is 13.1 Å². The van der Waals surface area contributed by atoms with Gasteiger partial charge < -0.3 is 19.8 Å². The summed E-state index contributed by atoms with van der Waals surface area (Å²) >= 11 is 0. The van der Waals surface area contributed by atoms with Crippen molar-refractivity contribution in [3.8, 4) is 0 Å². The molecule has 2 N–H and O–H groups in total. The zero-order valence-corrected chi connectivity index (χ0v) is 12.4. The molecule has 0 atom stereocenters. The number of nitrogens with two attached hydrogens (primary N) is 1. The molecule has 5 heteroatoms. The van der Waals surface area contributed by atoms with Gasteiger partial charge in [-0.05, 0) is 31.7 Å². The van der Waals surface area contributed by atoms with Crippen LogP contribution in [0.3, 0.4) is 0 Å². The Bertz CT molecular complexity index is 472. The number of hydrogen-bond acceptors (Lipinski definition) is 4. The predicted octanol–water partition coefficient (Wildman–Crippen LogP) is 2.30. The fourth-order valence-corrected chi connectivity index (χ4v) is 3.27. The molecule has 2 fully saturated rings. The highest BCUT2D eigenvalue weighted by Crippen LogP contribution is 2.26. The Balaban J connectivity index is 1.49. The van der Waals surface area contributed by atoms with Crippen LogP contribution in [0.5, 0.6) is 0 Å². The Kier molecular flexibility index (Phi) is 4.60. The largest absolute Gasteiger partial charge is 0.467 e. The van der Waals surface area contributed by atoms with Gasteiger partial charge in [-0.15, -0.1) is 0 Å². The first-order valence-electron chi connectivity index (χ1n) is 7.98. The second-order valence-electron chi connectivity index (χ2n) is 6.04. The summed E-state index contributed by atoms with van der Waals surface area (Å²) in [6.07, 6.45) is 9.16. The fraction of sp³-hybridized carbons (Fsp3) is 0.688. The van der Waals surface area contributed by atoms with Crippen molar-refractivity contribution < 1.29 is 13.9 Å². The first-order chi connectivity index (χ1) is 10.3. The van der Waals surface area contributed by atoms with E-state index in [1.807, 2.05) is 4.90 Å². The van der Waals surface area contributed by atoms with E-state index in [9.17, 15) is 4.79 Å². The highest BCUT2D eigenvalue weighted by Gasteiger charge is 2.27. The van der Waals surface area contributed by atoms with Gasteiger partial charge in [0, 0.05) is 13.1 Å². The van der Waals surface area contributed by atoms with Crippen molar-refractivity contribution in [3.63, 3.8) is 0 Å². The lowest BCUT2D eigenvalue weighted by atomic mass is 10.1. The maximum absolute atomic E-state index is 12.4. The van der Waals surface area contributed by atoms with E-state index in [4.69, 9.17) is 14.9 Å². The molecule has 116 valence electrons. The topological polar surface area (TPSA) is 68.7 Å². The van der Waals surface area contributed by atoms with Crippen LogP contribution in [-0.2, 0) is 11.3 Å². The van der Waals surface area contributed by atoms with Gasteiger partial charge in [-0.1, -0.05) is 12.8 Å². The number of nitrogens with zero attached hydrogens (tertiary/aromatic N) is 1. The average molecular weight is 292 g/mol. The molecular formula is C16H24N2O3. The predicted molar refractivity (Wildman–Crippen MR) is 78.9 cm³/mol. The molecule has 1 saturated heterocycles. The maximum Gasteiger partial charge on any atom is 0.257 e. The SMILES string of the molecule is NCc1cc(C(=O)N2CCC(OC3CCCC3)CC2)co1. The number of amides is 1. The van der Waals surface area contributed by atoms with Crippen LogP contribution in [-0.4, -0.2) is 36.1 Å². The molecular weight excluding hydrogens is 268 g/mol. The summed E-state index contributed by atoms with van der Waals surface area (Å²) < 4.78 is 11.4. The summed E-state index contributed by atoms with van der Waals surface area (Å²) in [5.41, 5.74) is 6.10. The third-order valence-corrected chi connectivity index (χ3v) is 4.52. The van der Waals surface area contributed by atoms with Gasteiger partial charge in [-0.3, -0.25) is 4.79 Å². The zero-order valence-electron chi connectivity index (χ0n) is 12.4. The van der Waals surface area contributed by atoms with Crippen LogP contribution in [0.25, 0.3) is 0 Å². The summed E-state index contributed by atoms with van der Waals surface area (Å²) in [6.45, 7) is 1.85. The van der Waals surface area contributed by atoms with Gasteiger partial charge in [0.2, 0.25) is 0 Å². The number of piperidine rings is 1. The number of carbonyl (C=O) groups is 1. The smallest absolute Gasteiger partial charge is 0.257 e. The normalized spacial score (nSPS) is 21.1. The summed E-state index contributed by atoms with van der Waals surface area (Å²) in [4.78, 5) is 14.3. The maximum atomic E-state index is 12.4. The molecule has 21 heavy (non-hydrogen) atoms. The molecule has 1 aliphatic carbocycles. The molecule has 0 spiro atoms. The quantitative estimate of drug-likeness (QED) is 0.924. The Labute approximate surface area is 125 Å². The molecule has 0 aromatic carbocycles. The third-order valence-electron chi connectivity index (χ3n) is 4.52. The Morgan fingerprint density at radius 3 is 2.52 bits per heavy atom. The van der Waals surface area contributed by atoms with Crippen LogP contribution in [0.1, 0.15) is 54.6 Å².